The third-order valence-corrected chi connectivity index (χ3v) is 5.90. The Kier molecular flexibility index (Phi) is 8.31. The number of carbonyl (C=O) groups is 1. The number of aromatic amines is 1. The van der Waals surface area contributed by atoms with Crippen LogP contribution in [0.4, 0.5) is 0 Å². The van der Waals surface area contributed by atoms with Gasteiger partial charge in [0.1, 0.15) is 17.2 Å². The average Bonchev–Trinajstić information content (AvgIpc) is 3.42. The molecule has 1 aromatic heterocycles. The maximum absolute atomic E-state index is 12.7. The third-order valence-electron chi connectivity index (χ3n) is 5.90. The topological polar surface area (TPSA) is 92.4 Å². The van der Waals surface area contributed by atoms with E-state index < -0.39 is 0 Å². The van der Waals surface area contributed by atoms with Crippen molar-refractivity contribution in [2.24, 2.45) is 0 Å². The normalized spacial score (nSPS) is 10.9. The van der Waals surface area contributed by atoms with Gasteiger partial charge in [0.2, 0.25) is 0 Å². The molecule has 1 heterocycles. The van der Waals surface area contributed by atoms with Crippen molar-refractivity contribution in [3.63, 3.8) is 0 Å². The Morgan fingerprint density at radius 2 is 1.64 bits per heavy atom. The molecule has 186 valence electrons. The van der Waals surface area contributed by atoms with Gasteiger partial charge in [-0.1, -0.05) is 38.1 Å². The fraction of sp³-hybridized carbons (Fsp3) is 0.250. The first-order valence-corrected chi connectivity index (χ1v) is 12.1. The summed E-state index contributed by atoms with van der Waals surface area (Å²) in [6.07, 6.45) is 0. The molecule has 8 nitrogen and oxygen atoms in total. The lowest BCUT2D eigenvalue weighted by Crippen LogP contribution is -2.34. The van der Waals surface area contributed by atoms with Crippen molar-refractivity contribution < 1.29 is 14.3 Å². The minimum atomic E-state index is -0.165. The van der Waals surface area contributed by atoms with E-state index in [9.17, 15) is 4.79 Å². The first kappa shape index (κ1) is 24.9. The molecular weight excluding hydrogens is 454 g/mol. The lowest BCUT2D eigenvalue weighted by atomic mass is 10.1. The predicted molar refractivity (Wildman–Crippen MR) is 140 cm³/mol. The average molecular weight is 486 g/mol. The van der Waals surface area contributed by atoms with Crippen LogP contribution in [0.3, 0.4) is 0 Å². The van der Waals surface area contributed by atoms with Gasteiger partial charge >= 0.3 is 0 Å². The molecule has 0 atom stereocenters. The SMILES string of the molecule is CCN(CC)CCNC(=O)c1ccc(-c2nc(-c3ccc(Oc4ccccc4)cc3)n[nH]2)cc1OC. The summed E-state index contributed by atoms with van der Waals surface area (Å²) in [6, 6.07) is 22.6. The van der Waals surface area contributed by atoms with Crippen molar-refractivity contribution in [2.75, 3.05) is 33.3 Å². The highest BCUT2D eigenvalue weighted by Crippen LogP contribution is 2.28. The number of rotatable bonds is 11. The van der Waals surface area contributed by atoms with Crippen LogP contribution in [0.15, 0.2) is 72.8 Å². The number of hydrogen-bond donors (Lipinski definition) is 2. The number of ether oxygens (including phenoxy) is 2. The Hall–Kier alpha value is -4.17. The van der Waals surface area contributed by atoms with E-state index in [1.165, 1.54) is 0 Å². The molecule has 2 N–H and O–H groups in total. The molecule has 0 unspecified atom stereocenters. The van der Waals surface area contributed by atoms with Gasteiger partial charge in [-0.15, -0.1) is 0 Å². The standard InChI is InChI=1S/C28H31N5O3/c1-4-33(5-2)18-17-29-28(34)24-16-13-21(19-25(24)35-3)27-30-26(31-32-27)20-11-14-23(15-12-20)36-22-9-7-6-8-10-22/h6-16,19H,4-5,17-18H2,1-3H3,(H,29,34)(H,30,31,32). The van der Waals surface area contributed by atoms with E-state index >= 15 is 0 Å². The Morgan fingerprint density at radius 1 is 0.944 bits per heavy atom. The van der Waals surface area contributed by atoms with E-state index in [-0.39, 0.29) is 5.91 Å². The number of hydrogen-bond acceptors (Lipinski definition) is 6. The summed E-state index contributed by atoms with van der Waals surface area (Å²) < 4.78 is 11.4. The van der Waals surface area contributed by atoms with E-state index in [2.05, 4.69) is 39.2 Å². The second kappa shape index (κ2) is 12.0. The molecule has 0 aliphatic heterocycles. The summed E-state index contributed by atoms with van der Waals surface area (Å²) in [5, 5.41) is 10.3. The molecule has 8 heteroatoms. The molecule has 0 bridgehead atoms. The van der Waals surface area contributed by atoms with Crippen LogP contribution in [0.5, 0.6) is 17.2 Å². The number of H-pyrrole nitrogens is 1. The maximum Gasteiger partial charge on any atom is 0.255 e. The smallest absolute Gasteiger partial charge is 0.255 e. The number of methoxy groups -OCH3 is 1. The quantitative estimate of drug-likeness (QED) is 0.310. The third kappa shape index (κ3) is 6.09. The summed E-state index contributed by atoms with van der Waals surface area (Å²) in [6.45, 7) is 7.50. The number of aromatic nitrogens is 3. The van der Waals surface area contributed by atoms with Gasteiger partial charge in [-0.05, 0) is 61.6 Å². The number of nitrogens with one attached hydrogen (secondary N) is 2. The summed E-state index contributed by atoms with van der Waals surface area (Å²) in [5.41, 5.74) is 2.11. The van der Waals surface area contributed by atoms with Crippen molar-refractivity contribution in [3.8, 4) is 40.0 Å². The van der Waals surface area contributed by atoms with Gasteiger partial charge in [-0.3, -0.25) is 9.89 Å². The number of amides is 1. The lowest BCUT2D eigenvalue weighted by Gasteiger charge is -2.18. The van der Waals surface area contributed by atoms with Crippen LogP contribution in [0, 0.1) is 0 Å². The van der Waals surface area contributed by atoms with E-state index in [1.807, 2.05) is 60.7 Å². The zero-order valence-electron chi connectivity index (χ0n) is 20.8. The highest BCUT2D eigenvalue weighted by atomic mass is 16.5. The monoisotopic (exact) mass is 485 g/mol. The van der Waals surface area contributed by atoms with Crippen LogP contribution in [0.1, 0.15) is 24.2 Å². The molecule has 0 saturated heterocycles. The molecule has 0 aliphatic carbocycles. The van der Waals surface area contributed by atoms with Gasteiger partial charge < -0.3 is 19.7 Å². The highest BCUT2D eigenvalue weighted by molar-refractivity contribution is 5.97. The largest absolute Gasteiger partial charge is 0.496 e. The van der Waals surface area contributed by atoms with Crippen molar-refractivity contribution in [2.45, 2.75) is 13.8 Å². The lowest BCUT2D eigenvalue weighted by molar-refractivity contribution is 0.0946. The molecule has 4 rings (SSSR count). The van der Waals surface area contributed by atoms with Crippen LogP contribution in [0.2, 0.25) is 0 Å². The Balaban J connectivity index is 1.44. The molecule has 0 radical (unpaired) electrons. The van der Waals surface area contributed by atoms with Crippen LogP contribution in [0.25, 0.3) is 22.8 Å². The fourth-order valence-corrected chi connectivity index (χ4v) is 3.81. The Morgan fingerprint density at radius 3 is 2.33 bits per heavy atom. The Bertz CT molecular complexity index is 1270. The van der Waals surface area contributed by atoms with E-state index in [1.54, 1.807) is 19.2 Å². The van der Waals surface area contributed by atoms with Gasteiger partial charge in [0.25, 0.3) is 5.91 Å². The summed E-state index contributed by atoms with van der Waals surface area (Å²) >= 11 is 0. The molecule has 0 aliphatic rings. The van der Waals surface area contributed by atoms with E-state index in [0.717, 1.165) is 42.3 Å². The first-order chi connectivity index (χ1) is 17.6. The number of nitrogens with zero attached hydrogens (tertiary/aromatic N) is 3. The number of para-hydroxylation sites is 1. The number of benzene rings is 3. The summed E-state index contributed by atoms with van der Waals surface area (Å²) in [7, 11) is 1.55. The maximum atomic E-state index is 12.7. The van der Waals surface area contributed by atoms with Crippen molar-refractivity contribution in [1.29, 1.82) is 0 Å². The van der Waals surface area contributed by atoms with E-state index in [0.29, 0.717) is 29.5 Å². The second-order valence-electron chi connectivity index (χ2n) is 8.14. The fourth-order valence-electron chi connectivity index (χ4n) is 3.81. The van der Waals surface area contributed by atoms with Gasteiger partial charge in [-0.25, -0.2) is 4.98 Å². The van der Waals surface area contributed by atoms with E-state index in [4.69, 9.17) is 9.47 Å². The van der Waals surface area contributed by atoms with Gasteiger partial charge in [0.05, 0.1) is 12.7 Å². The molecule has 0 fully saturated rings. The zero-order chi connectivity index (χ0) is 25.3. The molecule has 0 spiro atoms. The minimum Gasteiger partial charge on any atom is -0.496 e. The molecule has 36 heavy (non-hydrogen) atoms. The predicted octanol–water partition coefficient (Wildman–Crippen LogP) is 5.01. The minimum absolute atomic E-state index is 0.165. The number of carbonyl (C=O) groups excluding carboxylic acids is 1. The van der Waals surface area contributed by atoms with Crippen LogP contribution in [-0.4, -0.2) is 59.3 Å². The second-order valence-corrected chi connectivity index (χ2v) is 8.14. The van der Waals surface area contributed by atoms with Crippen LogP contribution >= 0.6 is 0 Å². The van der Waals surface area contributed by atoms with Gasteiger partial charge in [-0.2, -0.15) is 5.10 Å². The molecule has 4 aromatic rings. The van der Waals surface area contributed by atoms with Gasteiger partial charge in [0.15, 0.2) is 11.6 Å². The van der Waals surface area contributed by atoms with Crippen molar-refractivity contribution >= 4 is 5.91 Å². The van der Waals surface area contributed by atoms with Gasteiger partial charge in [0, 0.05) is 24.2 Å². The number of likely N-dealkylation sites (N-methyl/N-ethyl adjacent to an activating group) is 1. The van der Waals surface area contributed by atoms with Crippen molar-refractivity contribution in [1.82, 2.24) is 25.4 Å². The Labute approximate surface area is 211 Å². The summed E-state index contributed by atoms with van der Waals surface area (Å²) in [4.78, 5) is 19.6. The molecular formula is C28H31N5O3. The zero-order valence-corrected chi connectivity index (χ0v) is 20.8. The van der Waals surface area contributed by atoms with Crippen LogP contribution in [-0.2, 0) is 0 Å². The van der Waals surface area contributed by atoms with Crippen LogP contribution < -0.4 is 14.8 Å². The first-order valence-electron chi connectivity index (χ1n) is 12.1. The molecule has 0 saturated carbocycles. The summed E-state index contributed by atoms with van der Waals surface area (Å²) in [5.74, 6) is 2.97. The van der Waals surface area contributed by atoms with Crippen molar-refractivity contribution in [3.05, 3.63) is 78.4 Å². The molecule has 1 amide bonds. The molecule has 3 aromatic carbocycles. The highest BCUT2D eigenvalue weighted by Gasteiger charge is 2.15.